The van der Waals surface area contributed by atoms with Gasteiger partial charge in [-0.25, -0.2) is 0 Å². The number of thiophene rings is 1. The van der Waals surface area contributed by atoms with Gasteiger partial charge in [0.15, 0.2) is 0 Å². The van der Waals surface area contributed by atoms with E-state index < -0.39 is 0 Å². The monoisotopic (exact) mass is 498 g/mol. The first kappa shape index (κ1) is 20.3. The highest BCUT2D eigenvalue weighted by molar-refractivity contribution is 14.1. The summed E-state index contributed by atoms with van der Waals surface area (Å²) < 4.78 is 6.11. The molecule has 0 fully saturated rings. The predicted molar refractivity (Wildman–Crippen MR) is 117 cm³/mol. The molecule has 1 heterocycles. The van der Waals surface area contributed by atoms with Gasteiger partial charge in [-0.05, 0) is 84.5 Å². The molecular weight excluding hydrogens is 475 g/mol. The van der Waals surface area contributed by atoms with Crippen molar-refractivity contribution in [3.8, 4) is 0 Å². The van der Waals surface area contributed by atoms with Crippen molar-refractivity contribution in [2.75, 3.05) is 25.6 Å². The number of halogens is 1. The second-order valence-electron chi connectivity index (χ2n) is 6.48. The van der Waals surface area contributed by atoms with Crippen molar-refractivity contribution in [3.05, 3.63) is 49.4 Å². The highest BCUT2D eigenvalue weighted by atomic mass is 127. The van der Waals surface area contributed by atoms with E-state index in [1.165, 1.54) is 4.88 Å². The molecule has 0 spiro atoms. The van der Waals surface area contributed by atoms with Crippen LogP contribution in [0.4, 0.5) is 5.00 Å². The Bertz CT molecular complexity index is 817. The first-order valence-electron chi connectivity index (χ1n) is 9.08. The Hall–Kier alpha value is -1.45. The Labute approximate surface area is 177 Å². The van der Waals surface area contributed by atoms with Crippen LogP contribution in [-0.2, 0) is 17.6 Å². The smallest absolute Gasteiger partial charge is 0.256 e. The minimum Gasteiger partial charge on any atom is -0.385 e. The number of methoxy groups -OCH3 is 1. The molecule has 1 aromatic heterocycles. The van der Waals surface area contributed by atoms with Crippen molar-refractivity contribution in [2.24, 2.45) is 0 Å². The molecule has 2 aromatic rings. The van der Waals surface area contributed by atoms with E-state index in [1.807, 2.05) is 12.1 Å². The fourth-order valence-electron chi connectivity index (χ4n) is 3.18. The van der Waals surface area contributed by atoms with Crippen LogP contribution in [0.5, 0.6) is 0 Å². The van der Waals surface area contributed by atoms with Gasteiger partial charge in [0.1, 0.15) is 5.00 Å². The van der Waals surface area contributed by atoms with Gasteiger partial charge < -0.3 is 15.4 Å². The number of carbonyl (C=O) groups is 2. The van der Waals surface area contributed by atoms with Crippen molar-refractivity contribution in [1.29, 1.82) is 0 Å². The summed E-state index contributed by atoms with van der Waals surface area (Å²) in [5.74, 6) is -0.290. The zero-order valence-corrected chi connectivity index (χ0v) is 18.2. The number of rotatable bonds is 7. The maximum Gasteiger partial charge on any atom is 0.256 e. The van der Waals surface area contributed by atoms with E-state index in [9.17, 15) is 9.59 Å². The van der Waals surface area contributed by atoms with E-state index >= 15 is 0 Å². The summed E-state index contributed by atoms with van der Waals surface area (Å²) in [5, 5.41) is 6.61. The van der Waals surface area contributed by atoms with Crippen molar-refractivity contribution in [2.45, 2.75) is 32.1 Å². The maximum atomic E-state index is 12.8. The molecule has 27 heavy (non-hydrogen) atoms. The van der Waals surface area contributed by atoms with Crippen LogP contribution >= 0.6 is 33.9 Å². The molecule has 5 nitrogen and oxygen atoms in total. The number of benzene rings is 1. The van der Waals surface area contributed by atoms with E-state index in [-0.39, 0.29) is 11.8 Å². The third-order valence-electron chi connectivity index (χ3n) is 4.54. The van der Waals surface area contributed by atoms with Crippen LogP contribution < -0.4 is 10.6 Å². The third-order valence-corrected chi connectivity index (χ3v) is 6.47. The van der Waals surface area contributed by atoms with Crippen LogP contribution in [0.15, 0.2) is 24.3 Å². The first-order valence-corrected chi connectivity index (χ1v) is 11.0. The molecule has 144 valence electrons. The summed E-state index contributed by atoms with van der Waals surface area (Å²) in [4.78, 5) is 26.7. The Kier molecular flexibility index (Phi) is 7.26. The summed E-state index contributed by atoms with van der Waals surface area (Å²) >= 11 is 3.75. The maximum absolute atomic E-state index is 12.8. The molecular formula is C20H23IN2O3S. The average Bonchev–Trinajstić information content (AvgIpc) is 3.03. The molecule has 0 unspecified atom stereocenters. The molecule has 0 saturated heterocycles. The van der Waals surface area contributed by atoms with Gasteiger partial charge in [-0.2, -0.15) is 0 Å². The zero-order chi connectivity index (χ0) is 19.2. The molecule has 2 N–H and O–H groups in total. The Morgan fingerprint density at radius 1 is 1.15 bits per heavy atom. The van der Waals surface area contributed by atoms with Gasteiger partial charge in [0.25, 0.3) is 11.8 Å². The van der Waals surface area contributed by atoms with E-state index in [1.54, 1.807) is 30.6 Å². The topological polar surface area (TPSA) is 67.4 Å². The minimum absolute atomic E-state index is 0.108. The van der Waals surface area contributed by atoms with E-state index in [2.05, 4.69) is 33.2 Å². The van der Waals surface area contributed by atoms with Gasteiger partial charge in [-0.1, -0.05) is 0 Å². The van der Waals surface area contributed by atoms with Crippen LogP contribution in [0.1, 0.15) is 50.4 Å². The molecule has 3 rings (SSSR count). The molecule has 1 aromatic carbocycles. The summed E-state index contributed by atoms with van der Waals surface area (Å²) in [6.07, 6.45) is 4.85. The Morgan fingerprint density at radius 2 is 1.89 bits per heavy atom. The highest BCUT2D eigenvalue weighted by Crippen LogP contribution is 2.38. The number of hydrogen-bond acceptors (Lipinski definition) is 4. The van der Waals surface area contributed by atoms with Crippen molar-refractivity contribution in [3.63, 3.8) is 0 Å². The average molecular weight is 498 g/mol. The van der Waals surface area contributed by atoms with Gasteiger partial charge in [0.05, 0.1) is 5.56 Å². The van der Waals surface area contributed by atoms with Crippen molar-refractivity contribution < 1.29 is 14.3 Å². The van der Waals surface area contributed by atoms with Gasteiger partial charge in [-0.3, -0.25) is 9.59 Å². The van der Waals surface area contributed by atoms with Crippen LogP contribution in [0.2, 0.25) is 0 Å². The molecule has 0 saturated carbocycles. The molecule has 7 heteroatoms. The summed E-state index contributed by atoms with van der Waals surface area (Å²) in [6.45, 7) is 1.17. The summed E-state index contributed by atoms with van der Waals surface area (Å²) in [6, 6.07) is 7.40. The van der Waals surface area contributed by atoms with E-state index in [0.29, 0.717) is 29.3 Å². The van der Waals surface area contributed by atoms with Crippen LogP contribution in [-0.4, -0.2) is 32.1 Å². The second-order valence-corrected chi connectivity index (χ2v) is 8.83. The van der Waals surface area contributed by atoms with Crippen molar-refractivity contribution in [1.82, 2.24) is 5.32 Å². The number of nitrogens with one attached hydrogen (secondary N) is 2. The lowest BCUT2D eigenvalue weighted by Gasteiger charge is -2.13. The lowest BCUT2D eigenvalue weighted by atomic mass is 9.95. The number of ether oxygens (including phenoxy) is 1. The molecule has 0 bridgehead atoms. The normalized spacial score (nSPS) is 13.1. The lowest BCUT2D eigenvalue weighted by molar-refractivity contribution is 0.0948. The van der Waals surface area contributed by atoms with E-state index in [0.717, 1.165) is 41.2 Å². The predicted octanol–water partition coefficient (Wildman–Crippen LogP) is 4.25. The zero-order valence-electron chi connectivity index (χ0n) is 15.3. The van der Waals surface area contributed by atoms with Gasteiger partial charge >= 0.3 is 0 Å². The Balaban J connectivity index is 1.81. The molecule has 0 atom stereocenters. The number of aryl methyl sites for hydroxylation is 1. The standard InChI is InChI=1S/C20H23IN2O3S/c1-26-12-4-11-22-19(25)17-15-5-2-3-6-16(15)27-20(17)23-18(24)13-7-9-14(21)10-8-13/h7-10H,2-6,11-12H2,1H3,(H,22,25)(H,23,24). The number of amides is 2. The van der Waals surface area contributed by atoms with Crippen LogP contribution in [0.3, 0.4) is 0 Å². The molecule has 0 aliphatic heterocycles. The summed E-state index contributed by atoms with van der Waals surface area (Å²) in [5.41, 5.74) is 2.34. The van der Waals surface area contributed by atoms with E-state index in [4.69, 9.17) is 4.74 Å². The SMILES string of the molecule is COCCCNC(=O)c1c(NC(=O)c2ccc(I)cc2)sc2c1CCCC2. The molecule has 1 aliphatic carbocycles. The highest BCUT2D eigenvalue weighted by Gasteiger charge is 2.26. The number of anilines is 1. The largest absolute Gasteiger partial charge is 0.385 e. The number of fused-ring (bicyclic) bond motifs is 1. The van der Waals surface area contributed by atoms with Crippen molar-refractivity contribution >= 4 is 50.7 Å². The Morgan fingerprint density at radius 3 is 2.63 bits per heavy atom. The number of carbonyl (C=O) groups excluding carboxylic acids is 2. The third kappa shape index (κ3) is 5.08. The quantitative estimate of drug-likeness (QED) is 0.443. The minimum atomic E-state index is -0.182. The number of hydrogen-bond donors (Lipinski definition) is 2. The first-order chi connectivity index (χ1) is 13.1. The molecule has 0 radical (unpaired) electrons. The fraction of sp³-hybridized carbons (Fsp3) is 0.400. The van der Waals surface area contributed by atoms with Crippen LogP contribution in [0.25, 0.3) is 0 Å². The van der Waals surface area contributed by atoms with Crippen LogP contribution in [0, 0.1) is 3.57 Å². The molecule has 1 aliphatic rings. The molecule has 2 amide bonds. The lowest BCUT2D eigenvalue weighted by Crippen LogP contribution is -2.27. The summed E-state index contributed by atoms with van der Waals surface area (Å²) in [7, 11) is 1.65. The second kappa shape index (κ2) is 9.66. The van der Waals surface area contributed by atoms with Gasteiger partial charge in [0, 0.05) is 34.3 Å². The van der Waals surface area contributed by atoms with Gasteiger partial charge in [-0.15, -0.1) is 11.3 Å². The fourth-order valence-corrected chi connectivity index (χ4v) is 4.82. The van der Waals surface area contributed by atoms with Gasteiger partial charge in [0.2, 0.25) is 0 Å².